The molecule has 1 N–H and O–H groups in total. The second-order valence-corrected chi connectivity index (χ2v) is 4.38. The first-order valence-electron chi connectivity index (χ1n) is 5.67. The van der Waals surface area contributed by atoms with Crippen LogP contribution in [-0.4, -0.2) is 57.9 Å². The molecule has 1 saturated heterocycles. The number of hydrogen-bond donors (Lipinski definition) is 1. The van der Waals surface area contributed by atoms with Crippen LogP contribution in [0.5, 0.6) is 0 Å². The Morgan fingerprint density at radius 3 is 2.78 bits per heavy atom. The summed E-state index contributed by atoms with van der Waals surface area (Å²) in [6.07, 6.45) is 3.36. The molecule has 1 unspecified atom stereocenters. The summed E-state index contributed by atoms with van der Waals surface area (Å²) in [4.78, 5) is 29.9. The smallest absolute Gasteiger partial charge is 0.327 e. The zero-order valence-corrected chi connectivity index (χ0v) is 10.1. The van der Waals surface area contributed by atoms with Crippen LogP contribution >= 0.6 is 0 Å². The molecule has 1 aromatic rings. The predicted octanol–water partition coefficient (Wildman–Crippen LogP) is -0.191. The van der Waals surface area contributed by atoms with E-state index in [1.807, 2.05) is 17.0 Å². The van der Waals surface area contributed by atoms with Gasteiger partial charge in [-0.15, -0.1) is 0 Å². The zero-order valence-electron chi connectivity index (χ0n) is 10.1. The van der Waals surface area contributed by atoms with Crippen LogP contribution in [-0.2, 0) is 16.1 Å². The van der Waals surface area contributed by atoms with Gasteiger partial charge < -0.3 is 10.0 Å². The fourth-order valence-electron chi connectivity index (χ4n) is 2.02. The summed E-state index contributed by atoms with van der Waals surface area (Å²) in [5.74, 6) is -1.13. The number of carboxylic acids is 1. The van der Waals surface area contributed by atoms with Gasteiger partial charge in [0.05, 0.1) is 6.54 Å². The number of piperazine rings is 1. The lowest BCUT2D eigenvalue weighted by Gasteiger charge is -2.36. The molecule has 1 aliphatic rings. The van der Waals surface area contributed by atoms with E-state index in [2.05, 4.69) is 4.98 Å². The summed E-state index contributed by atoms with van der Waals surface area (Å²) in [5.41, 5.74) is 1.02. The molecule has 0 saturated carbocycles. The van der Waals surface area contributed by atoms with Gasteiger partial charge in [0.1, 0.15) is 6.04 Å². The Balaban J connectivity index is 2.06. The lowest BCUT2D eigenvalue weighted by molar-refractivity contribution is -0.154. The summed E-state index contributed by atoms with van der Waals surface area (Å²) in [7, 11) is 1.53. The van der Waals surface area contributed by atoms with E-state index >= 15 is 0 Å². The Morgan fingerprint density at radius 2 is 2.17 bits per heavy atom. The van der Waals surface area contributed by atoms with E-state index in [4.69, 9.17) is 5.11 Å². The Morgan fingerprint density at radius 1 is 1.50 bits per heavy atom. The highest BCUT2D eigenvalue weighted by Gasteiger charge is 2.34. The SMILES string of the molecule is CN1C(=O)CN(Cc2ccncc2)CC1C(=O)O. The van der Waals surface area contributed by atoms with Crippen LogP contribution in [0.2, 0.25) is 0 Å². The van der Waals surface area contributed by atoms with Gasteiger partial charge in [-0.05, 0) is 17.7 Å². The molecule has 0 aromatic carbocycles. The largest absolute Gasteiger partial charge is 0.480 e. The third kappa shape index (κ3) is 2.65. The number of nitrogens with zero attached hydrogens (tertiary/aromatic N) is 3. The van der Waals surface area contributed by atoms with Gasteiger partial charge in [0.25, 0.3) is 0 Å². The molecule has 1 aliphatic heterocycles. The monoisotopic (exact) mass is 249 g/mol. The molecule has 0 aliphatic carbocycles. The first-order valence-corrected chi connectivity index (χ1v) is 5.67. The number of likely N-dealkylation sites (N-methyl/N-ethyl adjacent to an activating group) is 1. The topological polar surface area (TPSA) is 73.7 Å². The molecule has 1 atom stereocenters. The number of aliphatic carboxylic acids is 1. The number of carboxylic acid groups (broad SMARTS) is 1. The fraction of sp³-hybridized carbons (Fsp3) is 0.417. The minimum atomic E-state index is -0.967. The number of hydrogen-bond acceptors (Lipinski definition) is 4. The van der Waals surface area contributed by atoms with Crippen molar-refractivity contribution in [1.29, 1.82) is 0 Å². The van der Waals surface area contributed by atoms with Crippen molar-refractivity contribution in [3.63, 3.8) is 0 Å². The maximum atomic E-state index is 11.7. The molecule has 2 heterocycles. The second kappa shape index (κ2) is 5.14. The standard InChI is InChI=1S/C12H15N3O3/c1-14-10(12(17)18)7-15(8-11(14)16)6-9-2-4-13-5-3-9/h2-5,10H,6-8H2,1H3,(H,17,18). The number of pyridine rings is 1. The van der Waals surface area contributed by atoms with Crippen LogP contribution in [0.1, 0.15) is 5.56 Å². The van der Waals surface area contributed by atoms with Crippen LogP contribution in [0.15, 0.2) is 24.5 Å². The average Bonchev–Trinajstić information content (AvgIpc) is 2.34. The molecule has 0 radical (unpaired) electrons. The van der Waals surface area contributed by atoms with Crippen molar-refractivity contribution in [1.82, 2.24) is 14.8 Å². The van der Waals surface area contributed by atoms with Crippen LogP contribution < -0.4 is 0 Å². The van der Waals surface area contributed by atoms with E-state index in [-0.39, 0.29) is 12.5 Å². The highest BCUT2D eigenvalue weighted by molar-refractivity contribution is 5.86. The lowest BCUT2D eigenvalue weighted by atomic mass is 10.1. The van der Waals surface area contributed by atoms with Crippen LogP contribution in [0.3, 0.4) is 0 Å². The molecule has 1 fully saturated rings. The van der Waals surface area contributed by atoms with Gasteiger partial charge >= 0.3 is 5.97 Å². The van der Waals surface area contributed by atoms with E-state index in [1.54, 1.807) is 12.4 Å². The number of aromatic nitrogens is 1. The molecule has 6 nitrogen and oxygen atoms in total. The van der Waals surface area contributed by atoms with Crippen molar-refractivity contribution in [2.45, 2.75) is 12.6 Å². The van der Waals surface area contributed by atoms with Gasteiger partial charge in [-0.3, -0.25) is 14.7 Å². The third-order valence-electron chi connectivity index (χ3n) is 3.09. The molecule has 6 heteroatoms. The first-order chi connectivity index (χ1) is 8.58. The maximum Gasteiger partial charge on any atom is 0.327 e. The maximum absolute atomic E-state index is 11.7. The Hall–Kier alpha value is -1.95. The number of carbonyl (C=O) groups excluding carboxylic acids is 1. The quantitative estimate of drug-likeness (QED) is 0.803. The highest BCUT2D eigenvalue weighted by atomic mass is 16.4. The minimum absolute atomic E-state index is 0.164. The Labute approximate surface area is 105 Å². The van der Waals surface area contributed by atoms with Gasteiger partial charge in [-0.1, -0.05) is 0 Å². The van der Waals surface area contributed by atoms with Crippen LogP contribution in [0.25, 0.3) is 0 Å². The number of carbonyl (C=O) groups is 2. The summed E-state index contributed by atoms with van der Waals surface area (Å²) < 4.78 is 0. The molecular formula is C12H15N3O3. The van der Waals surface area contributed by atoms with E-state index < -0.39 is 12.0 Å². The zero-order chi connectivity index (χ0) is 13.1. The van der Waals surface area contributed by atoms with E-state index in [0.717, 1.165) is 5.56 Å². The number of amides is 1. The molecule has 0 bridgehead atoms. The summed E-state index contributed by atoms with van der Waals surface area (Å²) in [6.45, 7) is 1.16. The fourth-order valence-corrected chi connectivity index (χ4v) is 2.02. The van der Waals surface area contributed by atoms with Gasteiger partial charge in [-0.2, -0.15) is 0 Å². The Bertz CT molecular complexity index is 449. The third-order valence-corrected chi connectivity index (χ3v) is 3.09. The molecule has 18 heavy (non-hydrogen) atoms. The van der Waals surface area contributed by atoms with E-state index in [0.29, 0.717) is 13.1 Å². The van der Waals surface area contributed by atoms with Crippen molar-refractivity contribution in [2.75, 3.05) is 20.1 Å². The van der Waals surface area contributed by atoms with Gasteiger partial charge in [0.2, 0.25) is 5.91 Å². The van der Waals surface area contributed by atoms with Crippen molar-refractivity contribution >= 4 is 11.9 Å². The number of rotatable bonds is 3. The van der Waals surface area contributed by atoms with Crippen LogP contribution in [0, 0.1) is 0 Å². The van der Waals surface area contributed by atoms with Gasteiger partial charge in [-0.25, -0.2) is 4.79 Å². The summed E-state index contributed by atoms with van der Waals surface area (Å²) >= 11 is 0. The molecular weight excluding hydrogens is 234 g/mol. The van der Waals surface area contributed by atoms with Gasteiger partial charge in [0, 0.05) is 32.5 Å². The van der Waals surface area contributed by atoms with Crippen molar-refractivity contribution < 1.29 is 14.7 Å². The molecule has 96 valence electrons. The normalized spacial score (nSPS) is 21.1. The molecule has 1 aromatic heterocycles. The van der Waals surface area contributed by atoms with Crippen molar-refractivity contribution in [3.8, 4) is 0 Å². The van der Waals surface area contributed by atoms with Crippen molar-refractivity contribution in [2.24, 2.45) is 0 Å². The average molecular weight is 249 g/mol. The molecule has 0 spiro atoms. The summed E-state index contributed by atoms with van der Waals surface area (Å²) in [6, 6.07) is 2.95. The Kier molecular flexibility index (Phi) is 3.57. The molecule has 1 amide bonds. The minimum Gasteiger partial charge on any atom is -0.480 e. The highest BCUT2D eigenvalue weighted by Crippen LogP contribution is 2.12. The van der Waals surface area contributed by atoms with Crippen molar-refractivity contribution in [3.05, 3.63) is 30.1 Å². The lowest BCUT2D eigenvalue weighted by Crippen LogP contribution is -2.57. The molecule has 2 rings (SSSR count). The first kappa shape index (κ1) is 12.5. The van der Waals surface area contributed by atoms with E-state index in [9.17, 15) is 9.59 Å². The predicted molar refractivity (Wildman–Crippen MR) is 63.7 cm³/mol. The second-order valence-electron chi connectivity index (χ2n) is 4.38. The van der Waals surface area contributed by atoms with E-state index in [1.165, 1.54) is 11.9 Å². The van der Waals surface area contributed by atoms with Crippen LogP contribution in [0.4, 0.5) is 0 Å². The summed E-state index contributed by atoms with van der Waals surface area (Å²) in [5, 5.41) is 9.08. The van der Waals surface area contributed by atoms with Gasteiger partial charge in [0.15, 0.2) is 0 Å².